The summed E-state index contributed by atoms with van der Waals surface area (Å²) in [6, 6.07) is 58.6. The fourth-order valence-electron chi connectivity index (χ4n) is 17.5. The molecule has 0 saturated carbocycles. The molecule has 4 aliphatic heterocycles. The van der Waals surface area contributed by atoms with Gasteiger partial charge in [0.15, 0.2) is 0 Å². The fourth-order valence-corrected chi connectivity index (χ4v) is 18.0. The first kappa shape index (κ1) is 100. The number of amides is 6. The Morgan fingerprint density at radius 2 is 0.714 bits per heavy atom. The summed E-state index contributed by atoms with van der Waals surface area (Å²) in [6.45, 7) is 5.70. The van der Waals surface area contributed by atoms with E-state index in [-0.39, 0.29) is 91.4 Å². The molecule has 4 aliphatic rings. The van der Waals surface area contributed by atoms with Gasteiger partial charge in [0.05, 0.1) is 20.3 Å². The number of hydrogen-bond donors (Lipinski definition) is 8. The van der Waals surface area contributed by atoms with Crippen LogP contribution < -0.4 is 43.8 Å². The number of benzene rings is 10. The Morgan fingerprint density at radius 1 is 0.393 bits per heavy atom. The van der Waals surface area contributed by atoms with Gasteiger partial charge in [-0.05, 0) is 254 Å². The van der Waals surface area contributed by atoms with E-state index < -0.39 is 49.7 Å². The zero-order valence-electron chi connectivity index (χ0n) is 76.8. The van der Waals surface area contributed by atoms with Gasteiger partial charge in [-0.3, -0.25) is 29.2 Å². The molecule has 18 rings (SSSR count). The monoisotopic (exact) mass is 1980 g/mol. The topological polar surface area (TPSA) is 326 Å². The number of halogens is 9. The van der Waals surface area contributed by atoms with Gasteiger partial charge in [0.1, 0.15) is 101 Å². The van der Waals surface area contributed by atoms with Crippen molar-refractivity contribution in [2.45, 2.75) is 116 Å². The number of carbonyl (C=O) groups is 6. The van der Waals surface area contributed by atoms with E-state index >= 15 is 0 Å². The summed E-state index contributed by atoms with van der Waals surface area (Å²) in [5, 5.41) is 31.2. The van der Waals surface area contributed by atoms with Crippen molar-refractivity contribution in [3.05, 3.63) is 312 Å². The number of carbonyl (C=O) groups excluding carboxylic acids is 6. The summed E-state index contributed by atoms with van der Waals surface area (Å²) in [5.74, 6) is 1.34. The summed E-state index contributed by atoms with van der Waals surface area (Å²) in [6.07, 6.45) is -0.732. The maximum Gasteiger partial charge on any atom is 0.416 e. The van der Waals surface area contributed by atoms with Gasteiger partial charge in [-0.25, -0.2) is 28.0 Å². The molecule has 6 amide bonds. The third-order valence-corrected chi connectivity index (χ3v) is 24.8. The van der Waals surface area contributed by atoms with Gasteiger partial charge in [-0.2, -0.15) is 17.6 Å². The van der Waals surface area contributed by atoms with Crippen molar-refractivity contribution in [1.82, 2.24) is 50.2 Å². The molecule has 4 aromatic heterocycles. The summed E-state index contributed by atoms with van der Waals surface area (Å²) in [4.78, 5) is 95.2. The molecule has 36 heteroatoms. The molecule has 0 radical (unpaired) electrons. The van der Waals surface area contributed by atoms with Crippen molar-refractivity contribution >= 4 is 115 Å². The lowest BCUT2D eigenvalue weighted by Crippen LogP contribution is -2.42. The highest BCUT2D eigenvalue weighted by Gasteiger charge is 2.41. The number of aliphatic hydroxyl groups is 2. The molecule has 140 heavy (non-hydrogen) atoms. The zero-order chi connectivity index (χ0) is 99.1. The Hall–Kier alpha value is -14.3. The van der Waals surface area contributed by atoms with E-state index in [9.17, 15) is 65.3 Å². The second kappa shape index (κ2) is 45.6. The Balaban J connectivity index is 0.000000141. The van der Waals surface area contributed by atoms with Crippen LogP contribution in [0, 0.1) is 17.6 Å². The standard InChI is InChI=1S/C27H32ClN3O5.C26H30ClN3O5.C26H21F3N2O4.C25H18ClF3N2O3/c1-4-35-27(34)31-12-11-21-22-13-18(28)7-10-23(22)30-24(21)25(31)17-5-8-20(9-6-17)36-15-19(32)14-29-26(33)16(2)3;1-3-23(32)28-14-18(31)15-35-19-8-5-16(6-9-19)25-24-20(11-12-30(25)26(33)34-4-2)21-13-17(27)7-10-22(21)29-24;1-33-17-7-9-19(10-8-17)35-26(32)31-13-12-21-20-11-4-16(27)14-22(20)30-23(21)24(31)15-2-5-18(6-3-15)34-25(28)29;26-15-3-8-18(9-4-15)34-25(32)31-12-11-20-19-10-5-16(27)13-21(19)30-22(20)23(31)14-1-6-17(7-2-14)33-24(28)29/h5-10,13,16,19,25,30,32H,4,11-12,14-15H2,1-3H3,(H,29,33);5-10,13,18,25,29,31H,3-4,11-12,14-15H2,1-2H3,(H,28,32);2-11,14,24-25,30H,12-13H2,1H3;1-10,13,23-24,30H,11-12H2. The van der Waals surface area contributed by atoms with Gasteiger partial charge in [0.25, 0.3) is 0 Å². The number of alkyl halides is 4. The van der Waals surface area contributed by atoms with E-state index in [0.717, 1.165) is 77.3 Å². The van der Waals surface area contributed by atoms with Crippen LogP contribution in [0.15, 0.2) is 218 Å². The number of rotatable bonds is 25. The van der Waals surface area contributed by atoms with E-state index in [2.05, 4.69) is 40.0 Å². The lowest BCUT2D eigenvalue weighted by Gasteiger charge is -2.35. The average molecular weight is 1980 g/mol. The molecule has 6 unspecified atom stereocenters. The number of fused-ring (bicyclic) bond motifs is 12. The zero-order valence-corrected chi connectivity index (χ0v) is 79.1. The Morgan fingerprint density at radius 3 is 1.06 bits per heavy atom. The number of methoxy groups -OCH3 is 1. The molecule has 6 atom stereocenters. The van der Waals surface area contributed by atoms with Gasteiger partial charge >= 0.3 is 37.6 Å². The van der Waals surface area contributed by atoms with Crippen LogP contribution in [0.4, 0.5) is 45.5 Å². The second-order valence-corrected chi connectivity index (χ2v) is 34.8. The predicted octanol–water partition coefficient (Wildman–Crippen LogP) is 21.4. The van der Waals surface area contributed by atoms with Gasteiger partial charge in [0.2, 0.25) is 11.8 Å². The minimum absolute atomic E-state index is 0.00351. The molecule has 0 fully saturated rings. The van der Waals surface area contributed by atoms with Gasteiger partial charge in [-0.15, -0.1) is 0 Å². The van der Waals surface area contributed by atoms with Crippen molar-refractivity contribution in [3.63, 3.8) is 0 Å². The maximum absolute atomic E-state index is 13.9. The fraction of sp³-hybridized carbons (Fsp3) is 0.288. The number of nitrogens with one attached hydrogen (secondary N) is 6. The van der Waals surface area contributed by atoms with E-state index in [0.29, 0.717) is 149 Å². The van der Waals surface area contributed by atoms with Gasteiger partial charge in [0, 0.05) is 133 Å². The predicted molar refractivity (Wildman–Crippen MR) is 516 cm³/mol. The SMILES string of the molecule is CCOC(=O)N1CCc2c([nH]c3ccc(Cl)cc23)C1c1ccc(OCC(O)CNC(=O)C(C)C)cc1.CCOC(=O)N1CCc2c([nH]c3ccc(Cl)cc23)C1c1ccc(OCC(O)CNC(=O)CC)cc1.COc1ccc(OC(=O)N2CCc3c([nH]c4cc(F)ccc34)C2c2ccc(OC(F)F)cc2)cc1.O=C(Oc1ccc(Cl)cc1)N1CCc2c([nH]c3cc(F)ccc23)C1c1ccc(OC(F)F)cc1. The normalized spacial score (nSPS) is 15.7. The highest BCUT2D eigenvalue weighted by molar-refractivity contribution is 6.32. The van der Waals surface area contributed by atoms with Crippen LogP contribution in [0.2, 0.25) is 15.1 Å². The van der Waals surface area contributed by atoms with E-state index in [4.69, 9.17) is 68.0 Å². The number of aromatic amines is 4. The molecular formula is C104H101Cl3F6N10O17. The lowest BCUT2D eigenvalue weighted by atomic mass is 9.92. The van der Waals surface area contributed by atoms with Crippen LogP contribution in [0.5, 0.6) is 40.2 Å². The van der Waals surface area contributed by atoms with Crippen molar-refractivity contribution in [2.24, 2.45) is 5.92 Å². The molecule has 0 aliphatic carbocycles. The molecule has 27 nitrogen and oxygen atoms in total. The number of aliphatic hydroxyl groups excluding tert-OH is 2. The van der Waals surface area contributed by atoms with Crippen LogP contribution in [0.1, 0.15) is 132 Å². The third kappa shape index (κ3) is 23.8. The number of nitrogens with zero attached hydrogens (tertiary/aromatic N) is 4. The summed E-state index contributed by atoms with van der Waals surface area (Å²) >= 11 is 18.4. The largest absolute Gasteiger partial charge is 0.497 e. The minimum Gasteiger partial charge on any atom is -0.497 e. The highest BCUT2D eigenvalue weighted by Crippen LogP contribution is 2.46. The van der Waals surface area contributed by atoms with Crippen molar-refractivity contribution < 1.29 is 108 Å². The van der Waals surface area contributed by atoms with Crippen LogP contribution in [0.3, 0.4) is 0 Å². The van der Waals surface area contributed by atoms with Crippen molar-refractivity contribution in [1.29, 1.82) is 0 Å². The van der Waals surface area contributed by atoms with Crippen molar-refractivity contribution in [2.75, 3.05) is 72.8 Å². The maximum atomic E-state index is 13.9. The molecule has 0 bridgehead atoms. The third-order valence-electron chi connectivity index (χ3n) is 24.1. The molecule has 732 valence electrons. The van der Waals surface area contributed by atoms with E-state index in [1.807, 2.05) is 84.9 Å². The molecule has 14 aromatic rings. The van der Waals surface area contributed by atoms with Crippen molar-refractivity contribution in [3.8, 4) is 40.2 Å². The van der Waals surface area contributed by atoms with Crippen LogP contribution in [-0.2, 0) is 44.7 Å². The molecule has 10 aromatic carbocycles. The van der Waals surface area contributed by atoms with Gasteiger partial charge in [-0.1, -0.05) is 104 Å². The molecular weight excluding hydrogens is 1880 g/mol. The highest BCUT2D eigenvalue weighted by atomic mass is 35.5. The number of ether oxygens (including phenoxy) is 9. The molecule has 0 spiro atoms. The van der Waals surface area contributed by atoms with E-state index in [1.165, 1.54) is 48.5 Å². The van der Waals surface area contributed by atoms with Gasteiger partial charge < -0.3 is 83.4 Å². The number of H-pyrrole nitrogens is 4. The molecule has 8 heterocycles. The first-order valence-electron chi connectivity index (χ1n) is 45.4. The summed E-state index contributed by atoms with van der Waals surface area (Å²) in [5.41, 5.74) is 13.8. The van der Waals surface area contributed by atoms with Crippen LogP contribution in [0.25, 0.3) is 43.6 Å². The number of hydrogen-bond acceptors (Lipinski definition) is 17. The summed E-state index contributed by atoms with van der Waals surface area (Å²) in [7, 11) is 1.54. The van der Waals surface area contributed by atoms with Crippen LogP contribution in [-0.4, -0.2) is 184 Å². The Bertz CT molecular complexity index is 6720. The summed E-state index contributed by atoms with van der Waals surface area (Å²) < 4.78 is 125. The van der Waals surface area contributed by atoms with Crippen LogP contribution >= 0.6 is 34.8 Å². The first-order chi connectivity index (χ1) is 67.5. The minimum atomic E-state index is -2.94. The van der Waals surface area contributed by atoms with E-state index in [1.54, 1.807) is 146 Å². The second-order valence-electron chi connectivity index (χ2n) is 33.5. The Kier molecular flexibility index (Phi) is 32.6. The number of aromatic nitrogens is 4. The smallest absolute Gasteiger partial charge is 0.416 e. The average Bonchev–Trinajstić information content (AvgIpc) is 1.61. The quantitative estimate of drug-likeness (QED) is 0.0246. The molecule has 8 N–H and O–H groups in total. The first-order valence-corrected chi connectivity index (χ1v) is 46.5. The lowest BCUT2D eigenvalue weighted by molar-refractivity contribution is -0.124. The molecule has 0 saturated heterocycles. The Labute approximate surface area is 815 Å².